The Hall–Kier alpha value is -3.05. The van der Waals surface area contributed by atoms with Gasteiger partial charge in [-0.3, -0.25) is 4.79 Å². The second-order valence-corrected chi connectivity index (χ2v) is 10.3. The first-order valence-electron chi connectivity index (χ1n) is 11.2. The number of amides is 1. The molecule has 34 heavy (non-hydrogen) atoms. The van der Waals surface area contributed by atoms with Crippen molar-refractivity contribution in [1.29, 1.82) is 0 Å². The lowest BCUT2D eigenvalue weighted by molar-refractivity contribution is -0.134. The number of hydrogen-bond donors (Lipinski definition) is 0. The van der Waals surface area contributed by atoms with Crippen LogP contribution in [0.3, 0.4) is 0 Å². The van der Waals surface area contributed by atoms with Crippen LogP contribution in [0.15, 0.2) is 41.4 Å². The Balaban J connectivity index is 1.45. The van der Waals surface area contributed by atoms with E-state index in [2.05, 4.69) is 4.90 Å². The minimum absolute atomic E-state index is 0.0144. The molecule has 0 radical (unpaired) electrons. The monoisotopic (exact) mass is 490 g/mol. The van der Waals surface area contributed by atoms with Gasteiger partial charge >= 0.3 is 5.97 Å². The number of sulfonamides is 1. The highest BCUT2D eigenvalue weighted by molar-refractivity contribution is 7.89. The number of aromatic nitrogens is 1. The molecule has 2 aliphatic heterocycles. The van der Waals surface area contributed by atoms with Crippen LogP contribution in [-0.4, -0.2) is 87.1 Å². The number of esters is 1. The van der Waals surface area contributed by atoms with E-state index in [1.54, 1.807) is 19.1 Å². The third-order valence-electron chi connectivity index (χ3n) is 6.50. The second-order valence-electron chi connectivity index (χ2n) is 8.45. The molecule has 10 nitrogen and oxygen atoms in total. The van der Waals surface area contributed by atoms with Crippen LogP contribution < -0.4 is 9.64 Å². The van der Waals surface area contributed by atoms with Crippen molar-refractivity contribution in [3.63, 3.8) is 0 Å². The molecule has 2 saturated heterocycles. The summed E-state index contributed by atoms with van der Waals surface area (Å²) in [4.78, 5) is 29.2. The minimum Gasteiger partial charge on any atom is -0.497 e. The van der Waals surface area contributed by atoms with Gasteiger partial charge in [0.1, 0.15) is 22.4 Å². The molecule has 2 fully saturated rings. The van der Waals surface area contributed by atoms with E-state index in [0.29, 0.717) is 39.0 Å². The van der Waals surface area contributed by atoms with Gasteiger partial charge in [-0.05, 0) is 43.2 Å². The van der Waals surface area contributed by atoms with Gasteiger partial charge in [-0.1, -0.05) is 0 Å². The topological polar surface area (TPSA) is 101 Å². The molecule has 11 heteroatoms. The van der Waals surface area contributed by atoms with E-state index in [0.717, 1.165) is 11.4 Å². The number of nitrogens with zero attached hydrogens (tertiary/aromatic N) is 4. The Morgan fingerprint density at radius 3 is 2.29 bits per heavy atom. The van der Waals surface area contributed by atoms with Crippen LogP contribution in [0, 0.1) is 0 Å². The maximum atomic E-state index is 13.4. The quantitative estimate of drug-likeness (QED) is 0.563. The lowest BCUT2D eigenvalue weighted by atomic mass is 10.1. The highest BCUT2D eigenvalue weighted by Crippen LogP contribution is 2.29. The maximum absolute atomic E-state index is 13.4. The molecule has 0 N–H and O–H groups in total. The van der Waals surface area contributed by atoms with Gasteiger partial charge in [0.2, 0.25) is 15.9 Å². The number of rotatable bonds is 6. The Morgan fingerprint density at radius 1 is 1.00 bits per heavy atom. The Morgan fingerprint density at radius 2 is 1.68 bits per heavy atom. The van der Waals surface area contributed by atoms with Gasteiger partial charge in [-0.25, -0.2) is 13.2 Å². The molecule has 2 aromatic rings. The predicted molar refractivity (Wildman–Crippen MR) is 125 cm³/mol. The SMILES string of the molecule is COC(=O)c1cc(S(=O)(=O)N2CCCC2C(=O)N2CCN(c3ccc(OC)cc3)CC2)cn1C. The van der Waals surface area contributed by atoms with Gasteiger partial charge in [0.25, 0.3) is 0 Å². The van der Waals surface area contributed by atoms with Gasteiger partial charge in [-0.2, -0.15) is 4.31 Å². The van der Waals surface area contributed by atoms with Crippen molar-refractivity contribution in [1.82, 2.24) is 13.8 Å². The summed E-state index contributed by atoms with van der Waals surface area (Å²) >= 11 is 0. The number of hydrogen-bond acceptors (Lipinski definition) is 7. The smallest absolute Gasteiger partial charge is 0.354 e. The first-order valence-corrected chi connectivity index (χ1v) is 12.6. The summed E-state index contributed by atoms with van der Waals surface area (Å²) in [7, 11) is 0.513. The van der Waals surface area contributed by atoms with Crippen LogP contribution in [0.2, 0.25) is 0 Å². The van der Waals surface area contributed by atoms with E-state index in [4.69, 9.17) is 9.47 Å². The van der Waals surface area contributed by atoms with Crippen LogP contribution in [0.5, 0.6) is 5.75 Å². The summed E-state index contributed by atoms with van der Waals surface area (Å²) in [6.45, 7) is 2.64. The van der Waals surface area contributed by atoms with Crippen LogP contribution >= 0.6 is 0 Å². The summed E-state index contributed by atoms with van der Waals surface area (Å²) in [5, 5.41) is 0. The molecule has 2 aliphatic rings. The predicted octanol–water partition coefficient (Wildman–Crippen LogP) is 1.32. The average molecular weight is 491 g/mol. The zero-order valence-electron chi connectivity index (χ0n) is 19.6. The largest absolute Gasteiger partial charge is 0.497 e. The summed E-state index contributed by atoms with van der Waals surface area (Å²) in [5.41, 5.74) is 1.20. The van der Waals surface area contributed by atoms with Gasteiger partial charge in [0.15, 0.2) is 0 Å². The zero-order valence-corrected chi connectivity index (χ0v) is 20.5. The van der Waals surface area contributed by atoms with E-state index in [9.17, 15) is 18.0 Å². The molecule has 0 spiro atoms. The zero-order chi connectivity index (χ0) is 24.5. The van der Waals surface area contributed by atoms with E-state index < -0.39 is 22.0 Å². The van der Waals surface area contributed by atoms with E-state index >= 15 is 0 Å². The van der Waals surface area contributed by atoms with Crippen molar-refractivity contribution in [2.45, 2.75) is 23.8 Å². The standard InChI is InChI=1S/C23H30N4O6S/c1-24-16-19(15-21(24)23(29)33-3)34(30,31)27-10-4-5-20(27)22(28)26-13-11-25(12-14-26)17-6-8-18(32-2)9-7-17/h6-9,15-16,20H,4-5,10-14H2,1-3H3. The summed E-state index contributed by atoms with van der Waals surface area (Å²) < 4.78 is 39.4. The number of piperazine rings is 1. The van der Waals surface area contributed by atoms with Crippen LogP contribution in [0.4, 0.5) is 5.69 Å². The molecular formula is C23H30N4O6S. The third-order valence-corrected chi connectivity index (χ3v) is 8.37. The molecule has 3 heterocycles. The van der Waals surface area contributed by atoms with Gasteiger partial charge in [0, 0.05) is 51.7 Å². The summed E-state index contributed by atoms with van der Waals surface area (Å²) in [6, 6.07) is 8.36. The van der Waals surface area contributed by atoms with Crippen LogP contribution in [0.1, 0.15) is 23.3 Å². The van der Waals surface area contributed by atoms with Crippen molar-refractivity contribution in [2.75, 3.05) is 51.8 Å². The summed E-state index contributed by atoms with van der Waals surface area (Å²) in [6.07, 6.45) is 2.47. The van der Waals surface area contributed by atoms with Crippen molar-refractivity contribution >= 4 is 27.6 Å². The molecule has 1 atom stereocenters. The highest BCUT2D eigenvalue weighted by atomic mass is 32.2. The van der Waals surface area contributed by atoms with E-state index in [-0.39, 0.29) is 23.0 Å². The fourth-order valence-electron chi connectivity index (χ4n) is 4.58. The molecule has 0 saturated carbocycles. The van der Waals surface area contributed by atoms with Crippen molar-refractivity contribution < 1.29 is 27.5 Å². The van der Waals surface area contributed by atoms with E-state index in [1.165, 1.54) is 28.2 Å². The molecule has 4 rings (SSSR count). The number of carbonyl (C=O) groups excluding carboxylic acids is 2. The summed E-state index contributed by atoms with van der Waals surface area (Å²) in [5.74, 6) is 0.00419. The molecule has 184 valence electrons. The van der Waals surface area contributed by atoms with Crippen LogP contribution in [0.25, 0.3) is 0 Å². The first-order chi connectivity index (χ1) is 16.3. The number of ether oxygens (including phenoxy) is 2. The second kappa shape index (κ2) is 9.67. The number of carbonyl (C=O) groups is 2. The molecule has 1 amide bonds. The lowest BCUT2D eigenvalue weighted by Gasteiger charge is -2.38. The molecular weight excluding hydrogens is 460 g/mol. The molecule has 0 bridgehead atoms. The lowest BCUT2D eigenvalue weighted by Crippen LogP contribution is -2.54. The van der Waals surface area contributed by atoms with Crippen molar-refractivity contribution in [3.05, 3.63) is 42.2 Å². The van der Waals surface area contributed by atoms with Gasteiger partial charge in [0.05, 0.1) is 14.2 Å². The van der Waals surface area contributed by atoms with Gasteiger partial charge < -0.3 is 23.8 Å². The first kappa shape index (κ1) is 24.1. The Bertz CT molecular complexity index is 1150. The fourth-order valence-corrected chi connectivity index (χ4v) is 6.30. The average Bonchev–Trinajstić information content (AvgIpc) is 3.51. The molecule has 1 aromatic heterocycles. The number of aryl methyl sites for hydroxylation is 1. The molecule has 0 aliphatic carbocycles. The normalized spacial score (nSPS) is 19.3. The van der Waals surface area contributed by atoms with Crippen molar-refractivity contribution in [2.24, 2.45) is 7.05 Å². The third kappa shape index (κ3) is 4.49. The Labute approximate surface area is 199 Å². The highest BCUT2D eigenvalue weighted by Gasteiger charge is 2.42. The minimum atomic E-state index is -3.94. The van der Waals surface area contributed by atoms with Crippen molar-refractivity contribution in [3.8, 4) is 5.75 Å². The van der Waals surface area contributed by atoms with Gasteiger partial charge in [-0.15, -0.1) is 0 Å². The maximum Gasteiger partial charge on any atom is 0.354 e. The molecule has 1 aromatic carbocycles. The number of methoxy groups -OCH3 is 2. The number of benzene rings is 1. The Kier molecular flexibility index (Phi) is 6.85. The fraction of sp³-hybridized carbons (Fsp3) is 0.478. The van der Waals surface area contributed by atoms with E-state index in [1.807, 2.05) is 24.3 Å². The number of anilines is 1. The molecule has 1 unspecified atom stereocenters. The van der Waals surface area contributed by atoms with Crippen LogP contribution in [-0.2, 0) is 26.6 Å².